The average molecular weight is 256 g/mol. The largest absolute Gasteiger partial charge is 0.376 e. The zero-order valence-electron chi connectivity index (χ0n) is 12.4. The highest BCUT2D eigenvalue weighted by atomic mass is 16.5. The highest BCUT2D eigenvalue weighted by molar-refractivity contribution is 5.82. The maximum Gasteiger partial charge on any atom is 0.240 e. The third-order valence-corrected chi connectivity index (χ3v) is 3.32. The van der Waals surface area contributed by atoms with Crippen LogP contribution in [0.25, 0.3) is 0 Å². The van der Waals surface area contributed by atoms with Gasteiger partial charge in [-0.25, -0.2) is 0 Å². The number of amides is 1. The summed E-state index contributed by atoms with van der Waals surface area (Å²) in [6.07, 6.45) is 1.11. The molecule has 106 valence electrons. The van der Waals surface area contributed by atoms with E-state index in [4.69, 9.17) is 10.5 Å². The van der Waals surface area contributed by atoms with Gasteiger partial charge < -0.3 is 15.4 Å². The average Bonchev–Trinajstić information content (AvgIpc) is 2.71. The van der Waals surface area contributed by atoms with Crippen LogP contribution < -0.4 is 5.73 Å². The van der Waals surface area contributed by atoms with E-state index < -0.39 is 6.04 Å². The summed E-state index contributed by atoms with van der Waals surface area (Å²) in [6, 6.07) is -0.429. The quantitative estimate of drug-likeness (QED) is 0.832. The molecule has 4 heteroatoms. The van der Waals surface area contributed by atoms with Crippen molar-refractivity contribution in [2.24, 2.45) is 17.1 Å². The first kappa shape index (κ1) is 15.4. The van der Waals surface area contributed by atoms with Gasteiger partial charge in [-0.2, -0.15) is 0 Å². The van der Waals surface area contributed by atoms with Gasteiger partial charge in [-0.15, -0.1) is 0 Å². The molecule has 0 aliphatic carbocycles. The predicted octanol–water partition coefficient (Wildman–Crippen LogP) is 1.63. The molecule has 1 heterocycles. The Morgan fingerprint density at radius 1 is 1.44 bits per heavy atom. The van der Waals surface area contributed by atoms with Gasteiger partial charge in [0.1, 0.15) is 0 Å². The molecule has 2 N–H and O–H groups in total. The second-order valence-corrected chi connectivity index (χ2v) is 6.77. The van der Waals surface area contributed by atoms with Crippen LogP contribution in [0.2, 0.25) is 0 Å². The van der Waals surface area contributed by atoms with Crippen molar-refractivity contribution in [3.63, 3.8) is 0 Å². The second-order valence-electron chi connectivity index (χ2n) is 6.77. The van der Waals surface area contributed by atoms with Crippen molar-refractivity contribution in [2.75, 3.05) is 19.7 Å². The summed E-state index contributed by atoms with van der Waals surface area (Å²) < 4.78 is 5.78. The van der Waals surface area contributed by atoms with Crippen LogP contribution in [0.5, 0.6) is 0 Å². The summed E-state index contributed by atoms with van der Waals surface area (Å²) in [6.45, 7) is 12.5. The zero-order valence-corrected chi connectivity index (χ0v) is 12.4. The third kappa shape index (κ3) is 4.25. The summed E-state index contributed by atoms with van der Waals surface area (Å²) >= 11 is 0. The molecule has 0 radical (unpaired) electrons. The molecular formula is C14H28N2O2. The topological polar surface area (TPSA) is 55.6 Å². The lowest BCUT2D eigenvalue weighted by Gasteiger charge is -2.29. The molecule has 1 aliphatic heterocycles. The Labute approximate surface area is 111 Å². The minimum atomic E-state index is -0.429. The van der Waals surface area contributed by atoms with Crippen molar-refractivity contribution in [2.45, 2.75) is 53.2 Å². The van der Waals surface area contributed by atoms with Crippen LogP contribution in [-0.4, -0.2) is 42.6 Å². The normalized spacial score (nSPS) is 22.6. The van der Waals surface area contributed by atoms with E-state index in [1.165, 1.54) is 0 Å². The van der Waals surface area contributed by atoms with Crippen LogP contribution in [-0.2, 0) is 9.53 Å². The third-order valence-electron chi connectivity index (χ3n) is 3.32. The van der Waals surface area contributed by atoms with Crippen LogP contribution in [0.1, 0.15) is 41.0 Å². The van der Waals surface area contributed by atoms with Crippen molar-refractivity contribution in [3.8, 4) is 0 Å². The Kier molecular flexibility index (Phi) is 5.17. The Bertz CT molecular complexity index is 284. The van der Waals surface area contributed by atoms with Crippen molar-refractivity contribution in [1.29, 1.82) is 0 Å². The summed E-state index contributed by atoms with van der Waals surface area (Å²) in [5.41, 5.74) is 5.82. The van der Waals surface area contributed by atoms with E-state index in [9.17, 15) is 4.79 Å². The molecule has 1 saturated heterocycles. The molecule has 0 saturated carbocycles. The Balaban J connectivity index is 2.44. The first-order chi connectivity index (χ1) is 8.21. The lowest BCUT2D eigenvalue weighted by molar-refractivity contribution is -0.134. The molecular weight excluding hydrogens is 228 g/mol. The lowest BCUT2D eigenvalue weighted by atomic mass is 9.86. The van der Waals surface area contributed by atoms with Crippen LogP contribution in [0.4, 0.5) is 0 Å². The molecule has 1 aliphatic rings. The van der Waals surface area contributed by atoms with Gasteiger partial charge in [-0.3, -0.25) is 4.79 Å². The van der Waals surface area contributed by atoms with Crippen molar-refractivity contribution >= 4 is 5.91 Å². The van der Waals surface area contributed by atoms with Gasteiger partial charge >= 0.3 is 0 Å². The summed E-state index contributed by atoms with van der Waals surface area (Å²) in [5, 5.41) is 0. The fraction of sp³-hybridized carbons (Fsp3) is 0.929. The fourth-order valence-corrected chi connectivity index (χ4v) is 1.96. The van der Waals surface area contributed by atoms with Crippen LogP contribution in [0.3, 0.4) is 0 Å². The summed E-state index contributed by atoms with van der Waals surface area (Å²) in [5.74, 6) is 0.588. The molecule has 0 spiro atoms. The number of hydrogen-bond donors (Lipinski definition) is 1. The van der Waals surface area contributed by atoms with Crippen LogP contribution in [0.15, 0.2) is 0 Å². The van der Waals surface area contributed by atoms with Gasteiger partial charge in [0.25, 0.3) is 0 Å². The first-order valence-electron chi connectivity index (χ1n) is 6.87. The maximum absolute atomic E-state index is 12.2. The number of carbonyl (C=O) groups is 1. The van der Waals surface area contributed by atoms with Gasteiger partial charge in [-0.05, 0) is 17.8 Å². The SMILES string of the molecule is CC(C)COC1CCN(C(=O)[C@@H](N)C(C)(C)C)C1. The standard InChI is InChI=1S/C14H28N2O2/c1-10(2)9-18-11-6-7-16(8-11)13(17)12(15)14(3,4)5/h10-12H,6-9,15H2,1-5H3/t11?,12-/m1/s1. The summed E-state index contributed by atoms with van der Waals surface area (Å²) in [7, 11) is 0. The van der Waals surface area contributed by atoms with Crippen LogP contribution >= 0.6 is 0 Å². The van der Waals surface area contributed by atoms with E-state index in [0.717, 1.165) is 19.6 Å². The minimum absolute atomic E-state index is 0.0538. The van der Waals surface area contributed by atoms with Gasteiger partial charge in [0, 0.05) is 19.7 Å². The smallest absolute Gasteiger partial charge is 0.240 e. The number of nitrogens with two attached hydrogens (primary N) is 1. The van der Waals surface area contributed by atoms with Gasteiger partial charge in [0.15, 0.2) is 0 Å². The highest BCUT2D eigenvalue weighted by Gasteiger charge is 2.34. The second kappa shape index (κ2) is 6.02. The van der Waals surface area contributed by atoms with Crippen molar-refractivity contribution in [1.82, 2.24) is 4.90 Å². The number of nitrogens with zero attached hydrogens (tertiary/aromatic N) is 1. The summed E-state index contributed by atoms with van der Waals surface area (Å²) in [4.78, 5) is 14.1. The first-order valence-corrected chi connectivity index (χ1v) is 6.87. The molecule has 1 amide bonds. The number of ether oxygens (including phenoxy) is 1. The molecule has 0 aromatic carbocycles. The molecule has 2 atom stereocenters. The fourth-order valence-electron chi connectivity index (χ4n) is 1.96. The highest BCUT2D eigenvalue weighted by Crippen LogP contribution is 2.22. The Morgan fingerprint density at radius 3 is 2.56 bits per heavy atom. The minimum Gasteiger partial charge on any atom is -0.376 e. The number of likely N-dealkylation sites (tertiary alicyclic amines) is 1. The van der Waals surface area contributed by atoms with E-state index in [2.05, 4.69) is 13.8 Å². The lowest BCUT2D eigenvalue weighted by Crippen LogP contribution is -2.50. The molecule has 18 heavy (non-hydrogen) atoms. The monoisotopic (exact) mass is 256 g/mol. The number of rotatable bonds is 4. The van der Waals surface area contributed by atoms with Gasteiger partial charge in [0.05, 0.1) is 12.1 Å². The molecule has 0 aromatic rings. The van der Waals surface area contributed by atoms with E-state index >= 15 is 0 Å². The van der Waals surface area contributed by atoms with Gasteiger partial charge in [-0.1, -0.05) is 34.6 Å². The Hall–Kier alpha value is -0.610. The van der Waals surface area contributed by atoms with Crippen LogP contribution in [0, 0.1) is 11.3 Å². The number of hydrogen-bond acceptors (Lipinski definition) is 3. The molecule has 1 rings (SSSR count). The molecule has 0 bridgehead atoms. The van der Waals surface area contributed by atoms with E-state index in [1.54, 1.807) is 0 Å². The van der Waals surface area contributed by atoms with E-state index in [0.29, 0.717) is 12.5 Å². The zero-order chi connectivity index (χ0) is 13.9. The molecule has 1 unspecified atom stereocenters. The number of carbonyl (C=O) groups excluding carboxylic acids is 1. The van der Waals surface area contributed by atoms with Gasteiger partial charge in [0.2, 0.25) is 5.91 Å². The maximum atomic E-state index is 12.2. The van der Waals surface area contributed by atoms with Crippen molar-refractivity contribution < 1.29 is 9.53 Å². The molecule has 1 fully saturated rings. The predicted molar refractivity (Wildman–Crippen MR) is 73.2 cm³/mol. The molecule has 4 nitrogen and oxygen atoms in total. The molecule has 0 aromatic heterocycles. The van der Waals surface area contributed by atoms with E-state index in [-0.39, 0.29) is 17.4 Å². The Morgan fingerprint density at radius 2 is 2.06 bits per heavy atom. The van der Waals surface area contributed by atoms with E-state index in [1.807, 2.05) is 25.7 Å². The van der Waals surface area contributed by atoms with Crippen molar-refractivity contribution in [3.05, 3.63) is 0 Å².